The number of benzene rings is 3. The van der Waals surface area contributed by atoms with Gasteiger partial charge >= 0.3 is 5.63 Å². The van der Waals surface area contributed by atoms with Gasteiger partial charge in [0.15, 0.2) is 11.5 Å². The maximum atomic E-state index is 13.9. The highest BCUT2D eigenvalue weighted by Crippen LogP contribution is 2.47. The first kappa shape index (κ1) is 26.7. The minimum atomic E-state index is -0.716. The molecule has 0 unspecified atom stereocenters. The second kappa shape index (κ2) is 10.00. The van der Waals surface area contributed by atoms with Crippen molar-refractivity contribution < 1.29 is 28.8 Å². The van der Waals surface area contributed by atoms with Gasteiger partial charge in [-0.2, -0.15) is 0 Å². The van der Waals surface area contributed by atoms with Crippen LogP contribution in [-0.2, 0) is 7.05 Å². The zero-order chi connectivity index (χ0) is 28.9. The summed E-state index contributed by atoms with van der Waals surface area (Å²) in [5.41, 5.74) is 1.82. The molecule has 9 nitrogen and oxygen atoms in total. The number of nitrogens with zero attached hydrogens (tertiary/aromatic N) is 1. The van der Waals surface area contributed by atoms with Gasteiger partial charge in [0.2, 0.25) is 5.43 Å². The van der Waals surface area contributed by atoms with Crippen LogP contribution >= 0.6 is 0 Å². The van der Waals surface area contributed by atoms with Gasteiger partial charge in [0, 0.05) is 47.7 Å². The number of hydrogen-bond acceptors (Lipinski definition) is 8. The molecule has 3 aromatic carbocycles. The van der Waals surface area contributed by atoms with E-state index in [-0.39, 0.29) is 22.4 Å². The van der Waals surface area contributed by atoms with E-state index in [2.05, 4.69) is 0 Å². The molecule has 5 rings (SSSR count). The predicted octanol–water partition coefficient (Wildman–Crippen LogP) is 5.33. The SMILES string of the molecule is COc1cc2oc(=O)ccc2cc1[C@@H](C=C(C)C)c1c(O)cc2c(c1O)c(=O)c1ccc(OC)c(OC)c1n2C. The van der Waals surface area contributed by atoms with Crippen molar-refractivity contribution in [2.24, 2.45) is 7.05 Å². The fourth-order valence-electron chi connectivity index (χ4n) is 5.33. The molecule has 0 saturated heterocycles. The average molecular weight is 544 g/mol. The summed E-state index contributed by atoms with van der Waals surface area (Å²) in [6.07, 6.45) is 1.86. The van der Waals surface area contributed by atoms with Gasteiger partial charge in [0.1, 0.15) is 22.8 Å². The number of phenolic OH excluding ortho intramolecular Hbond substituents is 2. The second-order valence-electron chi connectivity index (χ2n) is 9.75. The molecule has 2 N–H and O–H groups in total. The standard InChI is InChI=1S/C31H29NO8/c1-15(2)11-19(18-12-16-7-10-25(34)40-23(16)14-24(18)38-5)26-21(33)13-20-27(30(26)36)29(35)17-8-9-22(37-4)31(39-6)28(17)32(20)3/h7-14,19,33,36H,1-6H3/t19-/m1/s1. The Hall–Kier alpha value is -4.92. The van der Waals surface area contributed by atoms with E-state index in [0.29, 0.717) is 50.2 Å². The van der Waals surface area contributed by atoms with E-state index in [0.717, 1.165) is 5.57 Å². The minimum absolute atomic E-state index is 0.0490. The molecule has 0 aliphatic carbocycles. The van der Waals surface area contributed by atoms with Crippen LogP contribution in [0.1, 0.15) is 30.9 Å². The number of fused-ring (bicyclic) bond motifs is 3. The fourth-order valence-corrected chi connectivity index (χ4v) is 5.33. The summed E-state index contributed by atoms with van der Waals surface area (Å²) in [7, 11) is 6.19. The molecule has 2 aromatic heterocycles. The fraction of sp³-hybridized carbons (Fsp3) is 0.226. The second-order valence-corrected chi connectivity index (χ2v) is 9.75. The van der Waals surface area contributed by atoms with Crippen molar-refractivity contribution in [1.29, 1.82) is 0 Å². The molecule has 0 saturated carbocycles. The Bertz CT molecular complexity index is 1960. The third kappa shape index (κ3) is 4.10. The molecule has 0 fully saturated rings. The summed E-state index contributed by atoms with van der Waals surface area (Å²) in [4.78, 5) is 25.7. The Morgan fingerprint density at radius 2 is 1.68 bits per heavy atom. The Balaban J connectivity index is 1.89. The van der Waals surface area contributed by atoms with Crippen LogP contribution in [0.25, 0.3) is 32.8 Å². The molecule has 0 bridgehead atoms. The van der Waals surface area contributed by atoms with Crippen molar-refractivity contribution >= 4 is 32.8 Å². The summed E-state index contributed by atoms with van der Waals surface area (Å²) in [6, 6.07) is 11.0. The third-order valence-electron chi connectivity index (χ3n) is 7.10. The van der Waals surface area contributed by atoms with Crippen molar-refractivity contribution in [2.45, 2.75) is 19.8 Å². The zero-order valence-electron chi connectivity index (χ0n) is 23.0. The molecule has 2 heterocycles. The van der Waals surface area contributed by atoms with E-state index < -0.39 is 17.0 Å². The van der Waals surface area contributed by atoms with Gasteiger partial charge in [0.25, 0.3) is 0 Å². The van der Waals surface area contributed by atoms with E-state index in [1.54, 1.807) is 41.9 Å². The van der Waals surface area contributed by atoms with Crippen molar-refractivity contribution in [3.63, 3.8) is 0 Å². The van der Waals surface area contributed by atoms with Crippen LogP contribution in [-0.4, -0.2) is 36.1 Å². The summed E-state index contributed by atoms with van der Waals surface area (Å²) in [5.74, 6) is -0.100. The highest BCUT2D eigenvalue weighted by molar-refractivity contribution is 6.01. The smallest absolute Gasteiger partial charge is 0.336 e. The maximum Gasteiger partial charge on any atom is 0.336 e. The number of methoxy groups -OCH3 is 3. The zero-order valence-corrected chi connectivity index (χ0v) is 23.0. The number of ether oxygens (including phenoxy) is 3. The number of aryl methyl sites for hydroxylation is 1. The van der Waals surface area contributed by atoms with Gasteiger partial charge in [-0.15, -0.1) is 0 Å². The lowest BCUT2D eigenvalue weighted by Crippen LogP contribution is -2.12. The molecule has 206 valence electrons. The number of phenols is 2. The van der Waals surface area contributed by atoms with E-state index >= 15 is 0 Å². The van der Waals surface area contributed by atoms with Crippen molar-refractivity contribution in [3.8, 4) is 28.7 Å². The molecule has 40 heavy (non-hydrogen) atoms. The van der Waals surface area contributed by atoms with Gasteiger partial charge in [0.05, 0.1) is 43.1 Å². The Labute approximate surface area is 229 Å². The molecule has 0 amide bonds. The highest BCUT2D eigenvalue weighted by Gasteiger charge is 2.28. The van der Waals surface area contributed by atoms with E-state index in [9.17, 15) is 19.8 Å². The van der Waals surface area contributed by atoms with Crippen molar-refractivity contribution in [2.75, 3.05) is 21.3 Å². The van der Waals surface area contributed by atoms with Gasteiger partial charge in [-0.3, -0.25) is 4.79 Å². The number of rotatable bonds is 6. The highest BCUT2D eigenvalue weighted by atomic mass is 16.5. The normalized spacial score (nSPS) is 12.1. The molecule has 0 aliphatic heterocycles. The number of pyridine rings is 1. The molecule has 5 aromatic rings. The number of hydrogen-bond donors (Lipinski definition) is 2. The minimum Gasteiger partial charge on any atom is -0.507 e. The molecule has 9 heteroatoms. The molecular formula is C31H29NO8. The molecule has 0 radical (unpaired) electrons. The first-order valence-corrected chi connectivity index (χ1v) is 12.5. The summed E-state index contributed by atoms with van der Waals surface area (Å²) < 4.78 is 23.6. The lowest BCUT2D eigenvalue weighted by molar-refractivity contribution is 0.357. The topological polar surface area (TPSA) is 120 Å². The van der Waals surface area contributed by atoms with Crippen LogP contribution < -0.4 is 25.3 Å². The van der Waals surface area contributed by atoms with Gasteiger partial charge in [-0.25, -0.2) is 4.79 Å². The lowest BCUT2D eigenvalue weighted by Gasteiger charge is -2.23. The monoisotopic (exact) mass is 543 g/mol. The maximum absolute atomic E-state index is 13.9. The Morgan fingerprint density at radius 3 is 2.33 bits per heavy atom. The quantitative estimate of drug-likeness (QED) is 0.167. The predicted molar refractivity (Wildman–Crippen MR) is 153 cm³/mol. The number of allylic oxidation sites excluding steroid dienone is 2. The summed E-state index contributed by atoms with van der Waals surface area (Å²) in [5, 5.41) is 24.1. The molecule has 0 aliphatic rings. The third-order valence-corrected chi connectivity index (χ3v) is 7.10. The Kier molecular flexibility index (Phi) is 6.67. The van der Waals surface area contributed by atoms with Crippen LogP contribution in [0.2, 0.25) is 0 Å². The Morgan fingerprint density at radius 1 is 0.950 bits per heavy atom. The molecule has 1 atom stereocenters. The summed E-state index contributed by atoms with van der Waals surface area (Å²) in [6.45, 7) is 3.78. The van der Waals surface area contributed by atoms with Gasteiger partial charge in [-0.1, -0.05) is 11.6 Å². The van der Waals surface area contributed by atoms with Crippen LogP contribution in [0.4, 0.5) is 0 Å². The summed E-state index contributed by atoms with van der Waals surface area (Å²) >= 11 is 0. The van der Waals surface area contributed by atoms with Gasteiger partial charge < -0.3 is 33.4 Å². The number of aromatic hydroxyl groups is 2. The van der Waals surface area contributed by atoms with Crippen LogP contribution in [0.5, 0.6) is 28.7 Å². The molecular weight excluding hydrogens is 514 g/mol. The lowest BCUT2D eigenvalue weighted by atomic mass is 9.86. The first-order chi connectivity index (χ1) is 19.1. The molecule has 0 spiro atoms. The van der Waals surface area contributed by atoms with Crippen LogP contribution in [0, 0.1) is 0 Å². The van der Waals surface area contributed by atoms with Crippen LogP contribution in [0.3, 0.4) is 0 Å². The van der Waals surface area contributed by atoms with Crippen molar-refractivity contribution in [3.05, 3.63) is 85.9 Å². The van der Waals surface area contributed by atoms with E-state index in [1.165, 1.54) is 33.5 Å². The average Bonchev–Trinajstić information content (AvgIpc) is 2.93. The van der Waals surface area contributed by atoms with Crippen LogP contribution in [0.15, 0.2) is 68.1 Å². The first-order valence-electron chi connectivity index (χ1n) is 12.5. The van der Waals surface area contributed by atoms with Gasteiger partial charge in [-0.05, 0) is 38.1 Å². The number of aromatic nitrogens is 1. The van der Waals surface area contributed by atoms with E-state index in [1.807, 2.05) is 19.9 Å². The largest absolute Gasteiger partial charge is 0.507 e. The van der Waals surface area contributed by atoms with E-state index in [4.69, 9.17) is 18.6 Å². The van der Waals surface area contributed by atoms with Crippen molar-refractivity contribution in [1.82, 2.24) is 4.57 Å².